The Kier molecular flexibility index (Phi) is 5.33. The van der Waals surface area contributed by atoms with Crippen molar-refractivity contribution in [1.29, 1.82) is 0 Å². The second-order valence-electron chi connectivity index (χ2n) is 7.66. The van der Waals surface area contributed by atoms with Crippen LogP contribution in [0.5, 0.6) is 11.5 Å². The third-order valence-electron chi connectivity index (χ3n) is 5.53. The number of aryl methyl sites for hydroxylation is 1. The van der Waals surface area contributed by atoms with Gasteiger partial charge in [-0.15, -0.1) is 0 Å². The van der Waals surface area contributed by atoms with Crippen molar-refractivity contribution in [3.8, 4) is 11.5 Å². The molecule has 4 heteroatoms. The summed E-state index contributed by atoms with van der Waals surface area (Å²) in [6.45, 7) is 3.62. The third kappa shape index (κ3) is 4.44. The Morgan fingerprint density at radius 1 is 1.11 bits per heavy atom. The molecule has 3 unspecified atom stereocenters. The number of carbonyl (C=O) groups excluding carboxylic acids is 1. The monoisotopic (exact) mass is 365 g/mol. The van der Waals surface area contributed by atoms with Crippen LogP contribution in [0.1, 0.15) is 43.4 Å². The normalized spacial score (nSPS) is 21.8. The van der Waals surface area contributed by atoms with Crippen LogP contribution in [0.25, 0.3) is 0 Å². The number of rotatable bonds is 6. The number of ether oxygens (including phenoxy) is 2. The number of benzene rings is 2. The Morgan fingerprint density at radius 3 is 2.59 bits per heavy atom. The molecule has 1 fully saturated rings. The lowest BCUT2D eigenvalue weighted by Crippen LogP contribution is -2.30. The van der Waals surface area contributed by atoms with Gasteiger partial charge in [0.1, 0.15) is 0 Å². The molecule has 1 saturated carbocycles. The fourth-order valence-corrected chi connectivity index (χ4v) is 3.78. The molecule has 0 bridgehead atoms. The SMILES string of the molecule is CC1CC1C(NC(=O)CCc1ccc2c(c1)OCCCO2)c1ccccc1. The van der Waals surface area contributed by atoms with Crippen LogP contribution in [0.3, 0.4) is 0 Å². The van der Waals surface area contributed by atoms with E-state index >= 15 is 0 Å². The van der Waals surface area contributed by atoms with Gasteiger partial charge in [0.05, 0.1) is 19.3 Å². The van der Waals surface area contributed by atoms with Gasteiger partial charge >= 0.3 is 0 Å². The highest BCUT2D eigenvalue weighted by atomic mass is 16.5. The minimum atomic E-state index is 0.107. The standard InChI is InChI=1S/C23H27NO3/c1-16-14-19(16)23(18-6-3-2-4-7-18)24-22(25)11-9-17-8-10-20-21(15-17)27-13-5-12-26-20/h2-4,6-8,10,15-16,19,23H,5,9,11-14H2,1H3,(H,24,25). The Labute approximate surface area is 160 Å². The molecule has 1 N–H and O–H groups in total. The molecule has 3 atom stereocenters. The van der Waals surface area contributed by atoms with Crippen molar-refractivity contribution in [3.05, 3.63) is 59.7 Å². The zero-order valence-corrected chi connectivity index (χ0v) is 15.8. The van der Waals surface area contributed by atoms with E-state index in [0.717, 1.165) is 23.5 Å². The van der Waals surface area contributed by atoms with Gasteiger partial charge in [0.15, 0.2) is 11.5 Å². The van der Waals surface area contributed by atoms with E-state index in [1.54, 1.807) is 0 Å². The molecule has 27 heavy (non-hydrogen) atoms. The summed E-state index contributed by atoms with van der Waals surface area (Å²) in [6.07, 6.45) is 3.25. The summed E-state index contributed by atoms with van der Waals surface area (Å²) in [6, 6.07) is 16.4. The average Bonchev–Trinajstić information content (AvgIpc) is 3.46. The molecule has 0 spiro atoms. The number of hydrogen-bond donors (Lipinski definition) is 1. The number of hydrogen-bond acceptors (Lipinski definition) is 3. The van der Waals surface area contributed by atoms with Crippen molar-refractivity contribution in [2.45, 2.75) is 38.6 Å². The summed E-state index contributed by atoms with van der Waals surface area (Å²) in [5, 5.41) is 3.27. The Bertz CT molecular complexity index is 789. The number of amides is 1. The van der Waals surface area contributed by atoms with Crippen LogP contribution in [0.4, 0.5) is 0 Å². The van der Waals surface area contributed by atoms with Crippen LogP contribution in [0.2, 0.25) is 0 Å². The molecular weight excluding hydrogens is 338 g/mol. The lowest BCUT2D eigenvalue weighted by Gasteiger charge is -2.19. The van der Waals surface area contributed by atoms with Crippen molar-refractivity contribution >= 4 is 5.91 Å². The van der Waals surface area contributed by atoms with E-state index in [4.69, 9.17) is 9.47 Å². The van der Waals surface area contributed by atoms with Crippen LogP contribution >= 0.6 is 0 Å². The van der Waals surface area contributed by atoms with E-state index in [2.05, 4.69) is 24.4 Å². The maximum atomic E-state index is 12.6. The Balaban J connectivity index is 1.37. The molecular formula is C23H27NO3. The third-order valence-corrected chi connectivity index (χ3v) is 5.53. The topological polar surface area (TPSA) is 47.6 Å². The molecule has 1 heterocycles. The summed E-state index contributed by atoms with van der Waals surface area (Å²) in [5.41, 5.74) is 2.31. The lowest BCUT2D eigenvalue weighted by atomic mass is 10.0. The van der Waals surface area contributed by atoms with Crippen molar-refractivity contribution in [1.82, 2.24) is 5.32 Å². The van der Waals surface area contributed by atoms with E-state index in [1.165, 1.54) is 12.0 Å². The van der Waals surface area contributed by atoms with Crippen LogP contribution in [-0.2, 0) is 11.2 Å². The average molecular weight is 365 g/mol. The van der Waals surface area contributed by atoms with Gasteiger partial charge < -0.3 is 14.8 Å². The number of fused-ring (bicyclic) bond motifs is 1. The summed E-state index contributed by atoms with van der Waals surface area (Å²) >= 11 is 0. The smallest absolute Gasteiger partial charge is 0.220 e. The largest absolute Gasteiger partial charge is 0.490 e. The van der Waals surface area contributed by atoms with Crippen LogP contribution in [0.15, 0.2) is 48.5 Å². The van der Waals surface area contributed by atoms with Gasteiger partial charge in [0, 0.05) is 12.8 Å². The van der Waals surface area contributed by atoms with E-state index in [0.29, 0.717) is 37.9 Å². The second kappa shape index (κ2) is 8.03. The first-order chi connectivity index (χ1) is 13.2. The minimum absolute atomic E-state index is 0.107. The van der Waals surface area contributed by atoms with Crippen molar-refractivity contribution in [2.24, 2.45) is 11.8 Å². The molecule has 142 valence electrons. The first-order valence-electron chi connectivity index (χ1n) is 9.93. The van der Waals surface area contributed by atoms with E-state index in [1.807, 2.05) is 36.4 Å². The summed E-state index contributed by atoms with van der Waals surface area (Å²) in [4.78, 5) is 12.6. The van der Waals surface area contributed by atoms with Gasteiger partial charge in [-0.25, -0.2) is 0 Å². The molecule has 1 amide bonds. The lowest BCUT2D eigenvalue weighted by molar-refractivity contribution is -0.122. The second-order valence-corrected chi connectivity index (χ2v) is 7.66. The van der Waals surface area contributed by atoms with E-state index < -0.39 is 0 Å². The van der Waals surface area contributed by atoms with Crippen LogP contribution in [0, 0.1) is 11.8 Å². The van der Waals surface area contributed by atoms with Gasteiger partial charge in [-0.3, -0.25) is 4.79 Å². The highest BCUT2D eigenvalue weighted by Crippen LogP contribution is 2.47. The predicted molar refractivity (Wildman–Crippen MR) is 105 cm³/mol. The molecule has 0 radical (unpaired) electrons. The van der Waals surface area contributed by atoms with Gasteiger partial charge in [-0.1, -0.05) is 43.3 Å². The molecule has 0 saturated heterocycles. The van der Waals surface area contributed by atoms with Gasteiger partial charge in [-0.2, -0.15) is 0 Å². The zero-order valence-electron chi connectivity index (χ0n) is 15.8. The van der Waals surface area contributed by atoms with E-state index in [9.17, 15) is 4.79 Å². The molecule has 4 nitrogen and oxygen atoms in total. The molecule has 4 rings (SSSR count). The Hall–Kier alpha value is -2.49. The van der Waals surface area contributed by atoms with Crippen molar-refractivity contribution in [2.75, 3.05) is 13.2 Å². The van der Waals surface area contributed by atoms with Crippen LogP contribution in [-0.4, -0.2) is 19.1 Å². The first-order valence-corrected chi connectivity index (χ1v) is 9.93. The molecule has 2 aliphatic rings. The minimum Gasteiger partial charge on any atom is -0.490 e. The molecule has 0 aromatic heterocycles. The highest BCUT2D eigenvalue weighted by molar-refractivity contribution is 5.77. The maximum Gasteiger partial charge on any atom is 0.220 e. The highest BCUT2D eigenvalue weighted by Gasteiger charge is 2.40. The molecule has 1 aliphatic heterocycles. The number of nitrogens with one attached hydrogen (secondary N) is 1. The van der Waals surface area contributed by atoms with Gasteiger partial charge in [0.2, 0.25) is 5.91 Å². The molecule has 2 aromatic carbocycles. The number of carbonyl (C=O) groups is 1. The quantitative estimate of drug-likeness (QED) is 0.830. The predicted octanol–water partition coefficient (Wildman–Crippen LogP) is 4.29. The van der Waals surface area contributed by atoms with Crippen LogP contribution < -0.4 is 14.8 Å². The van der Waals surface area contributed by atoms with Gasteiger partial charge in [0.25, 0.3) is 0 Å². The van der Waals surface area contributed by atoms with Crippen molar-refractivity contribution in [3.63, 3.8) is 0 Å². The fourth-order valence-electron chi connectivity index (χ4n) is 3.78. The molecule has 2 aromatic rings. The molecule has 1 aliphatic carbocycles. The maximum absolute atomic E-state index is 12.6. The summed E-state index contributed by atoms with van der Waals surface area (Å²) < 4.78 is 11.4. The Morgan fingerprint density at radius 2 is 1.85 bits per heavy atom. The summed E-state index contributed by atoms with van der Waals surface area (Å²) in [7, 11) is 0. The fraction of sp³-hybridized carbons (Fsp3) is 0.435. The van der Waals surface area contributed by atoms with Gasteiger partial charge in [-0.05, 0) is 47.9 Å². The zero-order chi connectivity index (χ0) is 18.6. The van der Waals surface area contributed by atoms with E-state index in [-0.39, 0.29) is 11.9 Å². The summed E-state index contributed by atoms with van der Waals surface area (Å²) in [5.74, 6) is 2.92. The van der Waals surface area contributed by atoms with Crippen molar-refractivity contribution < 1.29 is 14.3 Å². The first kappa shape index (κ1) is 17.9.